The molecule has 0 heterocycles. The molecule has 2 rings (SSSR count). The van der Waals surface area contributed by atoms with Gasteiger partial charge in [-0.2, -0.15) is 0 Å². The minimum absolute atomic E-state index is 0.162. The van der Waals surface area contributed by atoms with Gasteiger partial charge in [-0.15, -0.1) is 0 Å². The topological polar surface area (TPSA) is 47.6 Å². The van der Waals surface area contributed by atoms with Crippen LogP contribution in [0, 0.1) is 20.8 Å². The summed E-state index contributed by atoms with van der Waals surface area (Å²) in [4.78, 5) is 12.5. The maximum atomic E-state index is 12.5. The molecular weight excluding hydrogens is 278 g/mol. The van der Waals surface area contributed by atoms with E-state index in [4.69, 9.17) is 9.47 Å². The van der Waals surface area contributed by atoms with Crippen molar-refractivity contribution in [3.63, 3.8) is 0 Å². The van der Waals surface area contributed by atoms with Crippen molar-refractivity contribution in [3.8, 4) is 11.5 Å². The zero-order valence-electron chi connectivity index (χ0n) is 13.6. The third kappa shape index (κ3) is 3.22. The minimum atomic E-state index is -0.162. The fourth-order valence-corrected chi connectivity index (χ4v) is 2.37. The molecule has 0 fully saturated rings. The van der Waals surface area contributed by atoms with Gasteiger partial charge in [-0.05, 0) is 50.1 Å². The van der Waals surface area contributed by atoms with Crippen molar-refractivity contribution in [2.45, 2.75) is 20.8 Å². The first-order valence-corrected chi connectivity index (χ1v) is 7.07. The van der Waals surface area contributed by atoms with Crippen molar-refractivity contribution in [1.29, 1.82) is 0 Å². The van der Waals surface area contributed by atoms with Crippen molar-refractivity contribution in [2.75, 3.05) is 19.5 Å². The summed E-state index contributed by atoms with van der Waals surface area (Å²) in [5, 5.41) is 2.95. The summed E-state index contributed by atoms with van der Waals surface area (Å²) in [6.45, 7) is 5.88. The lowest BCUT2D eigenvalue weighted by molar-refractivity contribution is 0.102. The second-order valence-electron chi connectivity index (χ2n) is 5.29. The second-order valence-corrected chi connectivity index (χ2v) is 5.29. The van der Waals surface area contributed by atoms with Crippen LogP contribution in [0.1, 0.15) is 27.0 Å². The van der Waals surface area contributed by atoms with Crippen molar-refractivity contribution >= 4 is 11.6 Å². The minimum Gasteiger partial charge on any atom is -0.493 e. The van der Waals surface area contributed by atoms with E-state index in [9.17, 15) is 4.79 Å². The normalized spacial score (nSPS) is 10.2. The van der Waals surface area contributed by atoms with Crippen LogP contribution in [0.2, 0.25) is 0 Å². The van der Waals surface area contributed by atoms with Gasteiger partial charge >= 0.3 is 0 Å². The average Bonchev–Trinajstić information content (AvgIpc) is 2.49. The molecule has 2 aromatic rings. The van der Waals surface area contributed by atoms with Gasteiger partial charge in [0.15, 0.2) is 11.5 Å². The number of benzene rings is 2. The van der Waals surface area contributed by atoms with Gasteiger partial charge in [-0.3, -0.25) is 4.79 Å². The van der Waals surface area contributed by atoms with Gasteiger partial charge < -0.3 is 14.8 Å². The highest BCUT2D eigenvalue weighted by Crippen LogP contribution is 2.30. The maximum Gasteiger partial charge on any atom is 0.256 e. The first-order valence-electron chi connectivity index (χ1n) is 7.07. The molecule has 0 saturated heterocycles. The number of nitrogens with one attached hydrogen (secondary N) is 1. The molecule has 1 N–H and O–H groups in total. The quantitative estimate of drug-likeness (QED) is 0.932. The maximum absolute atomic E-state index is 12.5. The summed E-state index contributed by atoms with van der Waals surface area (Å²) in [7, 11) is 3.13. The van der Waals surface area contributed by atoms with Crippen LogP contribution in [0.4, 0.5) is 5.69 Å². The summed E-state index contributed by atoms with van der Waals surface area (Å²) >= 11 is 0. The van der Waals surface area contributed by atoms with E-state index in [1.807, 2.05) is 39.0 Å². The van der Waals surface area contributed by atoms with E-state index in [0.29, 0.717) is 17.1 Å². The number of carbonyl (C=O) groups is 1. The standard InChI is InChI=1S/C18H21NO3/c1-11-6-7-15(13(3)8-11)19-18(20)14-10-17(22-5)16(21-4)9-12(14)2/h6-10H,1-5H3,(H,19,20). The molecule has 0 aliphatic heterocycles. The van der Waals surface area contributed by atoms with Crippen LogP contribution in [-0.2, 0) is 0 Å². The van der Waals surface area contributed by atoms with E-state index >= 15 is 0 Å². The summed E-state index contributed by atoms with van der Waals surface area (Å²) in [5.74, 6) is 0.993. The van der Waals surface area contributed by atoms with Gasteiger partial charge in [0, 0.05) is 11.3 Å². The Morgan fingerprint density at radius 3 is 2.14 bits per heavy atom. The Labute approximate surface area is 131 Å². The van der Waals surface area contributed by atoms with E-state index < -0.39 is 0 Å². The molecule has 4 nitrogen and oxygen atoms in total. The Morgan fingerprint density at radius 2 is 1.55 bits per heavy atom. The van der Waals surface area contributed by atoms with E-state index in [2.05, 4.69) is 5.32 Å². The van der Waals surface area contributed by atoms with E-state index in [-0.39, 0.29) is 5.91 Å². The van der Waals surface area contributed by atoms with Crippen LogP contribution < -0.4 is 14.8 Å². The Bertz CT molecular complexity index is 708. The molecule has 1 amide bonds. The summed E-state index contributed by atoms with van der Waals surface area (Å²) in [6, 6.07) is 9.43. The Balaban J connectivity index is 2.33. The molecule has 4 heteroatoms. The van der Waals surface area contributed by atoms with Crippen molar-refractivity contribution in [1.82, 2.24) is 0 Å². The lowest BCUT2D eigenvalue weighted by Crippen LogP contribution is -2.14. The SMILES string of the molecule is COc1cc(C)c(C(=O)Nc2ccc(C)cc2C)cc1OC. The van der Waals surface area contributed by atoms with Gasteiger partial charge in [-0.1, -0.05) is 17.7 Å². The number of amides is 1. The molecule has 22 heavy (non-hydrogen) atoms. The molecule has 0 atom stereocenters. The molecule has 0 bridgehead atoms. The number of aryl methyl sites for hydroxylation is 3. The summed E-state index contributed by atoms with van der Waals surface area (Å²) < 4.78 is 10.5. The predicted octanol–water partition coefficient (Wildman–Crippen LogP) is 3.88. The molecule has 116 valence electrons. The lowest BCUT2D eigenvalue weighted by atomic mass is 10.1. The third-order valence-corrected chi connectivity index (χ3v) is 3.61. The monoisotopic (exact) mass is 299 g/mol. The predicted molar refractivity (Wildman–Crippen MR) is 88.2 cm³/mol. The molecule has 2 aromatic carbocycles. The zero-order chi connectivity index (χ0) is 16.3. The Kier molecular flexibility index (Phi) is 4.71. The molecule has 0 spiro atoms. The largest absolute Gasteiger partial charge is 0.493 e. The highest BCUT2D eigenvalue weighted by molar-refractivity contribution is 6.06. The van der Waals surface area contributed by atoms with Gasteiger partial charge in [0.1, 0.15) is 0 Å². The van der Waals surface area contributed by atoms with Crippen LogP contribution in [0.15, 0.2) is 30.3 Å². The highest BCUT2D eigenvalue weighted by atomic mass is 16.5. The third-order valence-electron chi connectivity index (χ3n) is 3.61. The average molecular weight is 299 g/mol. The first kappa shape index (κ1) is 15.9. The first-order chi connectivity index (χ1) is 10.5. The van der Waals surface area contributed by atoms with Crippen LogP contribution in [0.5, 0.6) is 11.5 Å². The molecule has 0 aliphatic rings. The van der Waals surface area contributed by atoms with Crippen LogP contribution in [-0.4, -0.2) is 20.1 Å². The Hall–Kier alpha value is -2.49. The summed E-state index contributed by atoms with van der Waals surface area (Å²) in [6.07, 6.45) is 0. The lowest BCUT2D eigenvalue weighted by Gasteiger charge is -2.14. The smallest absolute Gasteiger partial charge is 0.256 e. The number of hydrogen-bond acceptors (Lipinski definition) is 3. The molecular formula is C18H21NO3. The van der Waals surface area contributed by atoms with Crippen molar-refractivity contribution in [3.05, 3.63) is 52.6 Å². The van der Waals surface area contributed by atoms with Gasteiger partial charge in [0.2, 0.25) is 0 Å². The fraction of sp³-hybridized carbons (Fsp3) is 0.278. The van der Waals surface area contributed by atoms with Gasteiger partial charge in [0.25, 0.3) is 5.91 Å². The Morgan fingerprint density at radius 1 is 0.909 bits per heavy atom. The number of rotatable bonds is 4. The second kappa shape index (κ2) is 6.52. The number of hydrogen-bond donors (Lipinski definition) is 1. The molecule has 0 saturated carbocycles. The molecule has 0 aliphatic carbocycles. The van der Waals surface area contributed by atoms with Gasteiger partial charge in [-0.25, -0.2) is 0 Å². The van der Waals surface area contributed by atoms with Crippen LogP contribution in [0.25, 0.3) is 0 Å². The van der Waals surface area contributed by atoms with Crippen LogP contribution >= 0.6 is 0 Å². The number of carbonyl (C=O) groups excluding carboxylic acids is 1. The fourth-order valence-electron chi connectivity index (χ4n) is 2.37. The number of anilines is 1. The summed E-state index contributed by atoms with van der Waals surface area (Å²) in [5.41, 5.74) is 4.41. The van der Waals surface area contributed by atoms with Gasteiger partial charge in [0.05, 0.1) is 14.2 Å². The van der Waals surface area contributed by atoms with Crippen LogP contribution in [0.3, 0.4) is 0 Å². The number of ether oxygens (including phenoxy) is 2. The van der Waals surface area contributed by atoms with Crippen molar-refractivity contribution in [2.24, 2.45) is 0 Å². The van der Waals surface area contributed by atoms with Crippen molar-refractivity contribution < 1.29 is 14.3 Å². The highest BCUT2D eigenvalue weighted by Gasteiger charge is 2.15. The molecule has 0 radical (unpaired) electrons. The molecule has 0 aromatic heterocycles. The van der Waals surface area contributed by atoms with E-state index in [0.717, 1.165) is 22.4 Å². The zero-order valence-corrected chi connectivity index (χ0v) is 13.6. The van der Waals surface area contributed by atoms with E-state index in [1.165, 1.54) is 0 Å². The number of methoxy groups -OCH3 is 2. The van der Waals surface area contributed by atoms with E-state index in [1.54, 1.807) is 26.4 Å². The molecule has 0 unspecified atom stereocenters.